The van der Waals surface area contributed by atoms with Crippen LogP contribution in [-0.2, 0) is 105 Å². The van der Waals surface area contributed by atoms with Crippen molar-refractivity contribution in [2.45, 2.75) is 295 Å². The van der Waals surface area contributed by atoms with Gasteiger partial charge < -0.3 is 86.0 Å². The number of hydrogen-bond donors (Lipinski definition) is 2. The fourth-order valence-corrected chi connectivity index (χ4v) is 33.0. The van der Waals surface area contributed by atoms with Gasteiger partial charge in [0.2, 0.25) is 18.2 Å². The van der Waals surface area contributed by atoms with Gasteiger partial charge in [0.15, 0.2) is 23.8 Å². The van der Waals surface area contributed by atoms with E-state index in [1.165, 1.54) is 0 Å². The molecule has 572 valence electrons. The third kappa shape index (κ3) is 6.41. The Bertz CT molecular complexity index is 3890. The Labute approximate surface area is 607 Å². The van der Waals surface area contributed by atoms with Crippen molar-refractivity contribution in [3.8, 4) is 0 Å². The number of carbonyl (C=O) groups is 6. The Morgan fingerprint density at radius 1 is 0.394 bits per heavy atom. The van der Waals surface area contributed by atoms with Crippen molar-refractivity contribution < 1.29 is 115 Å². The summed E-state index contributed by atoms with van der Waals surface area (Å²) < 4.78 is 98.1. The van der Waals surface area contributed by atoms with Crippen LogP contribution in [-0.4, -0.2) is 193 Å². The summed E-state index contributed by atoms with van der Waals surface area (Å²) >= 11 is 0. The Balaban J connectivity index is 0.0000000896. The van der Waals surface area contributed by atoms with Crippen molar-refractivity contribution in [1.29, 1.82) is 0 Å². The molecule has 0 radical (unpaired) electrons. The summed E-state index contributed by atoms with van der Waals surface area (Å²) in [6.45, 7) is 38.4. The van der Waals surface area contributed by atoms with Gasteiger partial charge in [0.1, 0.15) is 41.2 Å². The first-order valence-electron chi connectivity index (χ1n) is 39.8. The topological polar surface area (TPSA) is 291 Å². The van der Waals surface area contributed by atoms with Crippen molar-refractivity contribution in [3.05, 3.63) is 0 Å². The molecule has 16 saturated heterocycles. The normalized spacial score (nSPS) is 60.6. The monoisotopic (exact) mass is 1450 g/mol. The molecule has 20 unspecified atom stereocenters. The highest BCUT2D eigenvalue weighted by atomic mass is 16.8. The largest absolute Gasteiger partial charge is 0.462 e. The molecule has 24 nitrogen and oxygen atoms in total. The molecule has 8 spiro atoms. The predicted octanol–water partition coefficient (Wildman–Crippen LogP) is 7.37. The summed E-state index contributed by atoms with van der Waals surface area (Å²) in [7, 11) is 0. The van der Waals surface area contributed by atoms with E-state index in [4.69, 9.17) is 75.8 Å². The average molecular weight is 1450 g/mol. The molecule has 2 N–H and O–H groups in total. The molecule has 0 aromatic heterocycles. The highest BCUT2D eigenvalue weighted by Gasteiger charge is 3.01. The second-order valence-electron chi connectivity index (χ2n) is 42.1. The summed E-state index contributed by atoms with van der Waals surface area (Å²) in [5, 5.41) is 23.8. The molecule has 24 fully saturated rings. The zero-order chi connectivity index (χ0) is 73.2. The second kappa shape index (κ2) is 19.4. The lowest BCUT2D eigenvalue weighted by Gasteiger charge is -2.47. The van der Waals surface area contributed by atoms with Gasteiger partial charge in [0.25, 0.3) is 0 Å². The van der Waals surface area contributed by atoms with Crippen LogP contribution in [0.15, 0.2) is 0 Å². The summed E-state index contributed by atoms with van der Waals surface area (Å²) in [5.41, 5.74) is -9.92. The molecule has 0 amide bonds. The molecule has 36 atom stereocenters. The lowest BCUT2D eigenvalue weighted by Crippen LogP contribution is -2.65. The van der Waals surface area contributed by atoms with Gasteiger partial charge in [-0.05, 0) is 115 Å². The zero-order valence-electron chi connectivity index (χ0n) is 63.3. The fraction of sp³-hybridized carbons (Fsp3) is 0.925. The molecule has 104 heavy (non-hydrogen) atoms. The van der Waals surface area contributed by atoms with Gasteiger partial charge >= 0.3 is 35.8 Å². The van der Waals surface area contributed by atoms with E-state index in [-0.39, 0.29) is 165 Å². The average Bonchev–Trinajstić information content (AvgIpc) is 1.45. The molecule has 24 rings (SSSR count). The summed E-state index contributed by atoms with van der Waals surface area (Å²) in [5.74, 6) is -1.48. The van der Waals surface area contributed by atoms with E-state index >= 15 is 0 Å². The first kappa shape index (κ1) is 68.4. The van der Waals surface area contributed by atoms with Gasteiger partial charge in [-0.1, -0.05) is 111 Å². The molecule has 8 aliphatic carbocycles. The van der Waals surface area contributed by atoms with Gasteiger partial charge in [-0.25, -0.2) is 14.4 Å². The van der Waals surface area contributed by atoms with Gasteiger partial charge in [0, 0.05) is 46.5 Å². The van der Waals surface area contributed by atoms with E-state index in [1.54, 1.807) is 6.92 Å². The van der Waals surface area contributed by atoms with Crippen LogP contribution >= 0.6 is 0 Å². The zero-order valence-corrected chi connectivity index (χ0v) is 63.3. The molecule has 16 heterocycles. The lowest BCUT2D eigenvalue weighted by molar-refractivity contribution is -0.244. The number of rotatable bonds is 0. The van der Waals surface area contributed by atoms with Gasteiger partial charge in [-0.2, -0.15) is 0 Å². The second-order valence-corrected chi connectivity index (χ2v) is 42.1. The van der Waals surface area contributed by atoms with E-state index in [1.807, 2.05) is 6.92 Å². The molecule has 8 saturated carbocycles. The summed E-state index contributed by atoms with van der Waals surface area (Å²) in [6, 6.07) is 0. The molecule has 16 aliphatic heterocycles. The molecular formula is C80H108O24. The van der Waals surface area contributed by atoms with Gasteiger partial charge in [-0.15, -0.1) is 0 Å². The standard InChI is InChI=1S/C20H24O7.C20H26O6.C20H28O6.C20H30O5/c1-8-13-9(24-14(8)22)6-19-11-5-10(17(2,3)4)18(19)7-12(21)26-16(18)27-20(13,19)15(23)25-11;1-9-8-23-10-6-19-12-5-11(17(2,3)4)18(19)7-13(21)25-16(18)26-20(19,14(9)10)15(22)24-12;1-10-9-24-13-8-18-12-7-11(16(2,3)4)17(18)5-6-23-15(17)26-20(18,14(21)25-12)19(10,13)22;1-11-9-23-14-8-18-13-7-12(16(2,3)4)17(18)5-6-22-15(17)25-19(18,10-24-13)20(11,14)21/h8-11,13,16H,5-7H2,1-4H3;9-12,14,16H,5-8H2,1-4H3;10-13,15,22H,5-9H2,1-4H3;11-15,21H,5-10H2,1-4H3/t8-,9?,10-,11?,13-,16?,18?,19?,20+;9-,10?,11+,12?,14+,16?,18?,19?,20-;10-,11+,12?,13?,15?,17?,18?,19-,20-;11-,12+,13?,14?,15?,17?,18?,19-,20-/m0111/s1. The van der Waals surface area contributed by atoms with Crippen LogP contribution in [0.25, 0.3) is 0 Å². The van der Waals surface area contributed by atoms with Crippen molar-refractivity contribution in [2.75, 3.05) is 39.6 Å². The van der Waals surface area contributed by atoms with Crippen LogP contribution in [0.5, 0.6) is 0 Å². The number of hydrogen-bond acceptors (Lipinski definition) is 24. The molecular weight excluding hydrogens is 1340 g/mol. The smallest absolute Gasteiger partial charge is 0.342 e. The third-order valence-electron chi connectivity index (χ3n) is 35.5. The van der Waals surface area contributed by atoms with E-state index in [9.17, 15) is 39.0 Å². The minimum absolute atomic E-state index is 0.00703. The highest BCUT2D eigenvalue weighted by Crippen LogP contribution is 2.89. The van der Waals surface area contributed by atoms with Crippen LogP contribution in [0.4, 0.5) is 0 Å². The van der Waals surface area contributed by atoms with Crippen molar-refractivity contribution in [2.24, 2.45) is 124 Å². The molecule has 24 heteroatoms. The predicted molar refractivity (Wildman–Crippen MR) is 353 cm³/mol. The van der Waals surface area contributed by atoms with E-state index in [2.05, 4.69) is 96.9 Å². The third-order valence-corrected chi connectivity index (χ3v) is 35.5. The van der Waals surface area contributed by atoms with Gasteiger partial charge in [0.05, 0.1) is 103 Å². The fourth-order valence-electron chi connectivity index (χ4n) is 33.0. The van der Waals surface area contributed by atoms with E-state index in [0.717, 1.165) is 51.6 Å². The number of fused-ring (bicyclic) bond motifs is 4. The first-order chi connectivity index (χ1) is 48.7. The number of esters is 6. The Morgan fingerprint density at radius 2 is 0.846 bits per heavy atom. The maximum absolute atomic E-state index is 13.3. The van der Waals surface area contributed by atoms with E-state index in [0.29, 0.717) is 70.6 Å². The van der Waals surface area contributed by atoms with Crippen LogP contribution in [0.2, 0.25) is 0 Å². The van der Waals surface area contributed by atoms with Crippen LogP contribution in [0.1, 0.15) is 188 Å². The lowest BCUT2D eigenvalue weighted by atomic mass is 9.52. The summed E-state index contributed by atoms with van der Waals surface area (Å²) in [6.07, 6.45) is 4.95. The van der Waals surface area contributed by atoms with Crippen molar-refractivity contribution in [1.82, 2.24) is 0 Å². The maximum atomic E-state index is 13.3. The number of carbonyl (C=O) groups excluding carboxylic acids is 6. The highest BCUT2D eigenvalue weighted by molar-refractivity contribution is 5.92. The Kier molecular flexibility index (Phi) is 12.8. The molecule has 0 bridgehead atoms. The minimum Gasteiger partial charge on any atom is -0.462 e. The minimum atomic E-state index is -1.35. The van der Waals surface area contributed by atoms with Crippen molar-refractivity contribution >= 4 is 35.8 Å². The molecule has 0 aromatic carbocycles. The van der Waals surface area contributed by atoms with E-state index < -0.39 is 97.4 Å². The SMILES string of the molecule is C[C@@H]1C(=O)OC2CC34C5C[C@@H](C(C)(C)C)C36CC(=O)OC6O[C@@]4(C(=O)O5)[C@H]21.C[C@@H]1COC2CC34C5C[C@@H](C(C)(C)C)C36CC(=O)OC6O[C@@]4(C(=O)O5)[C@H]21.C[C@@H]1COC2CC34C5C[C@@H](C(C)(C)C)C36CCOC6O[C@@]4(C(=O)O5)[C@]21O.C[C@@H]1COC2CC34C5C[C@@H](C(C)(C)C)C36CCOC6O[C@@]4(CO5)[C@]21O. The number of ether oxygens (including phenoxy) is 16. The van der Waals surface area contributed by atoms with Gasteiger partial charge in [-0.3, -0.25) is 14.4 Å². The van der Waals surface area contributed by atoms with Crippen molar-refractivity contribution in [3.63, 3.8) is 0 Å². The van der Waals surface area contributed by atoms with Crippen LogP contribution in [0.3, 0.4) is 0 Å². The van der Waals surface area contributed by atoms with Crippen LogP contribution < -0.4 is 0 Å². The summed E-state index contributed by atoms with van der Waals surface area (Å²) in [4.78, 5) is 76.9. The number of aliphatic hydroxyl groups is 2. The first-order valence-corrected chi connectivity index (χ1v) is 39.8. The quantitative estimate of drug-likeness (QED) is 0.177. The molecule has 0 aromatic rings. The maximum Gasteiger partial charge on any atom is 0.342 e. The molecule has 24 aliphatic rings. The Morgan fingerprint density at radius 3 is 1.39 bits per heavy atom. The Hall–Kier alpha value is -3.66. The van der Waals surface area contributed by atoms with Crippen LogP contribution in [0, 0.1) is 124 Å².